The van der Waals surface area contributed by atoms with Gasteiger partial charge in [-0.3, -0.25) is 4.55 Å². The molecule has 1 aromatic rings. The molecule has 0 amide bonds. The molecule has 0 aliphatic rings. The number of methoxy groups -OCH3 is 1. The predicted molar refractivity (Wildman–Crippen MR) is 58.4 cm³/mol. The molecule has 0 radical (unpaired) electrons. The number of phenols is 1. The summed E-state index contributed by atoms with van der Waals surface area (Å²) in [4.78, 5) is -0.566. The Morgan fingerprint density at radius 2 is 2.12 bits per heavy atom. The first-order chi connectivity index (χ1) is 7.40. The first-order valence-corrected chi connectivity index (χ1v) is 5.82. The fourth-order valence-electron chi connectivity index (χ4n) is 1.27. The molecule has 5 nitrogen and oxygen atoms in total. The second-order valence-electron chi connectivity index (χ2n) is 3.11. The van der Waals surface area contributed by atoms with Crippen LogP contribution in [0.1, 0.15) is 5.56 Å². The number of benzene rings is 1. The van der Waals surface area contributed by atoms with Crippen LogP contribution < -0.4 is 4.74 Å². The molecule has 0 heterocycles. The Hall–Kier alpha value is -1.53. The van der Waals surface area contributed by atoms with Crippen molar-refractivity contribution in [3.8, 4) is 11.5 Å². The zero-order valence-corrected chi connectivity index (χ0v) is 9.49. The molecule has 0 aliphatic heterocycles. The largest absolute Gasteiger partial charge is 0.503 e. The summed E-state index contributed by atoms with van der Waals surface area (Å²) in [6.45, 7) is 3.51. The average Bonchev–Trinajstić information content (AvgIpc) is 2.19. The molecule has 0 atom stereocenters. The molecule has 6 heteroatoms. The van der Waals surface area contributed by atoms with Crippen LogP contribution in [-0.4, -0.2) is 25.2 Å². The van der Waals surface area contributed by atoms with Gasteiger partial charge in [0.15, 0.2) is 11.5 Å². The third kappa shape index (κ3) is 2.53. The summed E-state index contributed by atoms with van der Waals surface area (Å²) in [5, 5.41) is 9.53. The minimum Gasteiger partial charge on any atom is -0.503 e. The minimum atomic E-state index is -4.47. The molecule has 0 aliphatic carbocycles. The average molecular weight is 244 g/mol. The number of aromatic hydroxyl groups is 1. The van der Waals surface area contributed by atoms with E-state index in [1.54, 1.807) is 6.08 Å². The van der Waals surface area contributed by atoms with Gasteiger partial charge in [0.25, 0.3) is 10.1 Å². The Kier molecular flexibility index (Phi) is 3.56. The number of ether oxygens (including phenoxy) is 1. The topological polar surface area (TPSA) is 83.8 Å². The van der Waals surface area contributed by atoms with Crippen molar-refractivity contribution in [2.75, 3.05) is 7.11 Å². The smallest absolute Gasteiger partial charge is 0.298 e. The molecule has 0 saturated carbocycles. The molecule has 1 aromatic carbocycles. The Morgan fingerprint density at radius 3 is 2.56 bits per heavy atom. The van der Waals surface area contributed by atoms with Crippen molar-refractivity contribution in [3.63, 3.8) is 0 Å². The minimum absolute atomic E-state index is 0.00743. The Labute approximate surface area is 93.7 Å². The van der Waals surface area contributed by atoms with Crippen LogP contribution in [-0.2, 0) is 16.5 Å². The highest BCUT2D eigenvalue weighted by atomic mass is 32.2. The van der Waals surface area contributed by atoms with Crippen LogP contribution in [0, 0.1) is 0 Å². The lowest BCUT2D eigenvalue weighted by Gasteiger charge is -2.09. The van der Waals surface area contributed by atoms with Gasteiger partial charge in [-0.2, -0.15) is 8.42 Å². The van der Waals surface area contributed by atoms with E-state index in [1.807, 2.05) is 0 Å². The quantitative estimate of drug-likeness (QED) is 0.617. The van der Waals surface area contributed by atoms with E-state index >= 15 is 0 Å². The van der Waals surface area contributed by atoms with Gasteiger partial charge in [0, 0.05) is 0 Å². The van der Waals surface area contributed by atoms with E-state index in [2.05, 4.69) is 6.58 Å². The summed E-state index contributed by atoms with van der Waals surface area (Å²) in [6.07, 6.45) is 1.97. The van der Waals surface area contributed by atoms with Crippen molar-refractivity contribution in [1.29, 1.82) is 0 Å². The molecule has 0 unspecified atom stereocenters. The molecule has 0 spiro atoms. The molecule has 0 saturated heterocycles. The highest BCUT2D eigenvalue weighted by Gasteiger charge is 2.20. The summed E-state index contributed by atoms with van der Waals surface area (Å²) in [6, 6.07) is 2.65. The van der Waals surface area contributed by atoms with E-state index in [0.29, 0.717) is 12.0 Å². The van der Waals surface area contributed by atoms with Crippen LogP contribution in [0.3, 0.4) is 0 Å². The summed E-state index contributed by atoms with van der Waals surface area (Å²) >= 11 is 0. The third-order valence-corrected chi connectivity index (χ3v) is 2.84. The van der Waals surface area contributed by atoms with E-state index in [4.69, 9.17) is 9.29 Å². The molecular weight excluding hydrogens is 232 g/mol. The van der Waals surface area contributed by atoms with Gasteiger partial charge in [-0.25, -0.2) is 0 Å². The second-order valence-corrected chi connectivity index (χ2v) is 4.50. The van der Waals surface area contributed by atoms with Crippen molar-refractivity contribution in [2.24, 2.45) is 0 Å². The standard InChI is InChI=1S/C10H12O5S/c1-3-4-7-5-8(15-2)10(11)9(6-7)16(12,13)14/h3,5-6,11H,1,4H2,2H3,(H,12,13,14). The van der Waals surface area contributed by atoms with E-state index < -0.39 is 20.8 Å². The highest BCUT2D eigenvalue weighted by molar-refractivity contribution is 7.86. The van der Waals surface area contributed by atoms with Gasteiger partial charge in [-0.15, -0.1) is 6.58 Å². The second kappa shape index (κ2) is 4.54. The third-order valence-electron chi connectivity index (χ3n) is 1.98. The van der Waals surface area contributed by atoms with Gasteiger partial charge in [0.2, 0.25) is 0 Å². The summed E-state index contributed by atoms with van der Waals surface area (Å²) < 4.78 is 35.7. The van der Waals surface area contributed by atoms with Crippen LogP contribution in [0.5, 0.6) is 11.5 Å². The van der Waals surface area contributed by atoms with E-state index in [0.717, 1.165) is 0 Å². The van der Waals surface area contributed by atoms with Gasteiger partial charge in [0.1, 0.15) is 4.90 Å². The van der Waals surface area contributed by atoms with E-state index in [-0.39, 0.29) is 5.75 Å². The van der Waals surface area contributed by atoms with Gasteiger partial charge in [0.05, 0.1) is 7.11 Å². The van der Waals surface area contributed by atoms with Crippen LogP contribution in [0.25, 0.3) is 0 Å². The van der Waals surface area contributed by atoms with E-state index in [9.17, 15) is 13.5 Å². The summed E-state index contributed by atoms with van der Waals surface area (Å²) in [5.41, 5.74) is 0.567. The molecule has 0 bridgehead atoms. The van der Waals surface area contributed by atoms with Gasteiger partial charge in [-0.1, -0.05) is 6.08 Å². The molecule has 88 valence electrons. The molecular formula is C10H12O5S. The SMILES string of the molecule is C=CCc1cc(OC)c(O)c(S(=O)(=O)O)c1. The van der Waals surface area contributed by atoms with Crippen molar-refractivity contribution in [3.05, 3.63) is 30.4 Å². The Morgan fingerprint density at radius 1 is 1.50 bits per heavy atom. The molecule has 16 heavy (non-hydrogen) atoms. The highest BCUT2D eigenvalue weighted by Crippen LogP contribution is 2.34. The molecule has 1 rings (SSSR count). The van der Waals surface area contributed by atoms with E-state index in [1.165, 1.54) is 19.2 Å². The maximum Gasteiger partial charge on any atom is 0.298 e. The maximum absolute atomic E-state index is 11.0. The van der Waals surface area contributed by atoms with Crippen LogP contribution >= 0.6 is 0 Å². The fourth-order valence-corrected chi connectivity index (χ4v) is 1.92. The molecule has 0 aromatic heterocycles. The predicted octanol–water partition coefficient (Wildman–Crippen LogP) is 1.38. The normalized spacial score (nSPS) is 11.1. The van der Waals surface area contributed by atoms with Gasteiger partial charge in [-0.05, 0) is 24.1 Å². The van der Waals surface area contributed by atoms with Gasteiger partial charge < -0.3 is 9.84 Å². The first kappa shape index (κ1) is 12.5. The number of hydrogen-bond acceptors (Lipinski definition) is 4. The van der Waals surface area contributed by atoms with Gasteiger partial charge >= 0.3 is 0 Å². The number of allylic oxidation sites excluding steroid dienone is 1. The van der Waals surface area contributed by atoms with Crippen molar-refractivity contribution >= 4 is 10.1 Å². The van der Waals surface area contributed by atoms with Crippen LogP contribution in [0.4, 0.5) is 0 Å². The zero-order chi connectivity index (χ0) is 12.3. The van der Waals surface area contributed by atoms with Crippen LogP contribution in [0.15, 0.2) is 29.7 Å². The van der Waals surface area contributed by atoms with Crippen molar-refractivity contribution in [1.82, 2.24) is 0 Å². The monoisotopic (exact) mass is 244 g/mol. The summed E-state index contributed by atoms with van der Waals surface area (Å²) in [5.74, 6) is -0.607. The maximum atomic E-state index is 11.0. The summed E-state index contributed by atoms with van der Waals surface area (Å²) in [7, 11) is -3.18. The Bertz CT molecular complexity index is 504. The van der Waals surface area contributed by atoms with Crippen LogP contribution in [0.2, 0.25) is 0 Å². The molecule has 2 N–H and O–H groups in total. The van der Waals surface area contributed by atoms with Crippen molar-refractivity contribution in [2.45, 2.75) is 11.3 Å². The van der Waals surface area contributed by atoms with Crippen molar-refractivity contribution < 1.29 is 22.8 Å². The fraction of sp³-hybridized carbons (Fsp3) is 0.200. The zero-order valence-electron chi connectivity index (χ0n) is 8.67. The molecule has 0 fully saturated rings. The Balaban J connectivity index is 3.47. The number of phenolic OH excluding ortho intramolecular Hbond substituents is 1. The first-order valence-electron chi connectivity index (χ1n) is 4.38. The number of rotatable bonds is 4. The lowest BCUT2D eigenvalue weighted by Crippen LogP contribution is -2.01. The lowest BCUT2D eigenvalue weighted by atomic mass is 10.1. The number of hydrogen-bond donors (Lipinski definition) is 2. The lowest BCUT2D eigenvalue weighted by molar-refractivity contribution is 0.363.